The number of amides is 1. The van der Waals surface area contributed by atoms with E-state index in [1.807, 2.05) is 6.92 Å². The maximum absolute atomic E-state index is 12.3. The minimum Gasteiger partial charge on any atom is -0.341 e. The fourth-order valence-electron chi connectivity index (χ4n) is 3.19. The van der Waals surface area contributed by atoms with Gasteiger partial charge in [-0.05, 0) is 43.7 Å². The van der Waals surface area contributed by atoms with Crippen LogP contribution >= 0.6 is 0 Å². The van der Waals surface area contributed by atoms with Crippen molar-refractivity contribution in [3.05, 3.63) is 34.2 Å². The third-order valence-corrected chi connectivity index (χ3v) is 4.67. The number of Topliss-reactive ketones (excluding diaryl/α,β-unsaturated/α-hetero) is 1. The molecular weight excluding hydrogens is 294 g/mol. The molecule has 1 aromatic heterocycles. The zero-order chi connectivity index (χ0) is 17.0. The van der Waals surface area contributed by atoms with Crippen LogP contribution in [0.3, 0.4) is 0 Å². The van der Waals surface area contributed by atoms with E-state index >= 15 is 0 Å². The van der Waals surface area contributed by atoms with Gasteiger partial charge in [-0.1, -0.05) is 6.92 Å². The van der Waals surface area contributed by atoms with Crippen molar-refractivity contribution in [1.29, 1.82) is 0 Å². The van der Waals surface area contributed by atoms with Crippen LogP contribution in [0.1, 0.15) is 43.5 Å². The lowest BCUT2D eigenvalue weighted by Gasteiger charge is -2.35. The van der Waals surface area contributed by atoms with Gasteiger partial charge in [0.25, 0.3) is 5.56 Å². The van der Waals surface area contributed by atoms with Crippen molar-refractivity contribution < 1.29 is 9.59 Å². The lowest BCUT2D eigenvalue weighted by molar-refractivity contribution is -0.133. The number of aromatic amines is 1. The average Bonchev–Trinajstić information content (AvgIpc) is 2.54. The number of H-pyrrole nitrogens is 1. The van der Waals surface area contributed by atoms with Gasteiger partial charge in [0.1, 0.15) is 0 Å². The summed E-state index contributed by atoms with van der Waals surface area (Å²) in [6.07, 6.45) is 3.63. The standard InChI is InChI=1S/C17H25N3O3/c1-11(10-15(21)14-4-3-7-19-16(14)22)13-5-8-20(9-6-13)17(23)12(2)18/h3-4,7,11-13H,5-6,8-10,18H2,1-2H3,(H,19,22)/t11?,12-/m0/s1. The second-order valence-corrected chi connectivity index (χ2v) is 6.47. The topological polar surface area (TPSA) is 96.3 Å². The van der Waals surface area contributed by atoms with Crippen molar-refractivity contribution in [2.24, 2.45) is 17.6 Å². The summed E-state index contributed by atoms with van der Waals surface area (Å²) in [4.78, 5) is 40.2. The Morgan fingerprint density at radius 1 is 1.35 bits per heavy atom. The fourth-order valence-corrected chi connectivity index (χ4v) is 3.19. The minimum atomic E-state index is -0.463. The molecule has 0 aromatic carbocycles. The molecule has 1 amide bonds. The molecule has 0 saturated carbocycles. The molecule has 1 unspecified atom stereocenters. The van der Waals surface area contributed by atoms with Crippen LogP contribution in [0.2, 0.25) is 0 Å². The number of nitrogens with one attached hydrogen (secondary N) is 1. The maximum atomic E-state index is 12.3. The van der Waals surface area contributed by atoms with Gasteiger partial charge in [0, 0.05) is 25.7 Å². The number of hydrogen-bond donors (Lipinski definition) is 2. The molecule has 0 aliphatic carbocycles. The number of carbonyl (C=O) groups is 2. The number of nitrogens with two attached hydrogens (primary N) is 1. The van der Waals surface area contributed by atoms with E-state index in [2.05, 4.69) is 4.98 Å². The second-order valence-electron chi connectivity index (χ2n) is 6.47. The van der Waals surface area contributed by atoms with Gasteiger partial charge in [0.15, 0.2) is 5.78 Å². The van der Waals surface area contributed by atoms with Crippen molar-refractivity contribution in [2.75, 3.05) is 13.1 Å². The van der Waals surface area contributed by atoms with Gasteiger partial charge in [-0.15, -0.1) is 0 Å². The Kier molecular flexibility index (Phi) is 5.71. The SMILES string of the molecule is CC(CC(=O)c1ccc[nH]c1=O)C1CCN(C(=O)[C@H](C)N)CC1. The van der Waals surface area contributed by atoms with E-state index in [-0.39, 0.29) is 28.7 Å². The molecular formula is C17H25N3O3. The first-order chi connectivity index (χ1) is 10.9. The van der Waals surface area contributed by atoms with Gasteiger partial charge in [0.2, 0.25) is 5.91 Å². The van der Waals surface area contributed by atoms with Crippen molar-refractivity contribution in [3.63, 3.8) is 0 Å². The molecule has 2 atom stereocenters. The third-order valence-electron chi connectivity index (χ3n) is 4.67. The first-order valence-corrected chi connectivity index (χ1v) is 8.15. The fraction of sp³-hybridized carbons (Fsp3) is 0.588. The summed E-state index contributed by atoms with van der Waals surface area (Å²) in [6.45, 7) is 5.13. The molecule has 1 fully saturated rings. The Morgan fingerprint density at radius 2 is 2.00 bits per heavy atom. The van der Waals surface area contributed by atoms with Crippen molar-refractivity contribution in [1.82, 2.24) is 9.88 Å². The van der Waals surface area contributed by atoms with E-state index in [0.29, 0.717) is 25.4 Å². The van der Waals surface area contributed by atoms with Gasteiger partial charge < -0.3 is 15.6 Å². The Hall–Kier alpha value is -1.95. The quantitative estimate of drug-likeness (QED) is 0.796. The highest BCUT2D eigenvalue weighted by atomic mass is 16.2. The van der Waals surface area contributed by atoms with Crippen LogP contribution < -0.4 is 11.3 Å². The van der Waals surface area contributed by atoms with Crippen molar-refractivity contribution in [3.8, 4) is 0 Å². The van der Waals surface area contributed by atoms with E-state index in [9.17, 15) is 14.4 Å². The normalized spacial score (nSPS) is 18.5. The van der Waals surface area contributed by atoms with E-state index in [0.717, 1.165) is 12.8 Å². The number of piperidine rings is 1. The molecule has 1 saturated heterocycles. The largest absolute Gasteiger partial charge is 0.341 e. The molecule has 1 aromatic rings. The molecule has 6 heteroatoms. The highest BCUT2D eigenvalue weighted by Gasteiger charge is 2.28. The molecule has 6 nitrogen and oxygen atoms in total. The van der Waals surface area contributed by atoms with E-state index < -0.39 is 6.04 Å². The lowest BCUT2D eigenvalue weighted by Crippen LogP contribution is -2.46. The van der Waals surface area contributed by atoms with Crippen LogP contribution in [0.4, 0.5) is 0 Å². The smallest absolute Gasteiger partial charge is 0.258 e. The monoisotopic (exact) mass is 319 g/mol. The molecule has 0 radical (unpaired) electrons. The van der Waals surface area contributed by atoms with E-state index in [1.165, 1.54) is 6.20 Å². The number of rotatable bonds is 5. The highest BCUT2D eigenvalue weighted by Crippen LogP contribution is 2.28. The molecule has 0 spiro atoms. The van der Waals surface area contributed by atoms with Gasteiger partial charge in [0.05, 0.1) is 11.6 Å². The predicted molar refractivity (Wildman–Crippen MR) is 88.1 cm³/mol. The number of hydrogen-bond acceptors (Lipinski definition) is 4. The van der Waals surface area contributed by atoms with E-state index in [1.54, 1.807) is 24.0 Å². The summed E-state index contributed by atoms with van der Waals surface area (Å²) < 4.78 is 0. The first-order valence-electron chi connectivity index (χ1n) is 8.15. The van der Waals surface area contributed by atoms with Crippen LogP contribution in [0, 0.1) is 11.8 Å². The zero-order valence-corrected chi connectivity index (χ0v) is 13.7. The summed E-state index contributed by atoms with van der Waals surface area (Å²) in [5.74, 6) is 0.449. The van der Waals surface area contributed by atoms with E-state index in [4.69, 9.17) is 5.73 Å². The predicted octanol–water partition coefficient (Wildman–Crippen LogP) is 1.17. The van der Waals surface area contributed by atoms with Crippen molar-refractivity contribution in [2.45, 2.75) is 39.2 Å². The van der Waals surface area contributed by atoms with Gasteiger partial charge >= 0.3 is 0 Å². The molecule has 23 heavy (non-hydrogen) atoms. The van der Waals surface area contributed by atoms with Crippen LogP contribution in [-0.2, 0) is 4.79 Å². The van der Waals surface area contributed by atoms with Gasteiger partial charge in [-0.3, -0.25) is 14.4 Å². The number of aromatic nitrogens is 1. The molecule has 3 N–H and O–H groups in total. The van der Waals surface area contributed by atoms with Crippen LogP contribution in [0.5, 0.6) is 0 Å². The number of likely N-dealkylation sites (tertiary alicyclic amines) is 1. The minimum absolute atomic E-state index is 0.0111. The Balaban J connectivity index is 1.89. The van der Waals surface area contributed by atoms with Gasteiger partial charge in [-0.25, -0.2) is 0 Å². The van der Waals surface area contributed by atoms with Crippen LogP contribution in [-0.4, -0.2) is 40.7 Å². The second kappa shape index (κ2) is 7.55. The summed E-state index contributed by atoms with van der Waals surface area (Å²) in [6, 6.07) is 2.77. The number of nitrogens with zero attached hydrogens (tertiary/aromatic N) is 1. The summed E-state index contributed by atoms with van der Waals surface area (Å²) in [5.41, 5.74) is 5.53. The molecule has 1 aliphatic heterocycles. The molecule has 1 aliphatic rings. The average molecular weight is 319 g/mol. The Morgan fingerprint density at radius 3 is 2.57 bits per heavy atom. The highest BCUT2D eigenvalue weighted by molar-refractivity contribution is 5.95. The van der Waals surface area contributed by atoms with Crippen molar-refractivity contribution >= 4 is 11.7 Å². The summed E-state index contributed by atoms with van der Waals surface area (Å²) in [5, 5.41) is 0. The summed E-state index contributed by atoms with van der Waals surface area (Å²) >= 11 is 0. The van der Waals surface area contributed by atoms with Gasteiger partial charge in [-0.2, -0.15) is 0 Å². The number of carbonyl (C=O) groups excluding carboxylic acids is 2. The molecule has 2 rings (SSSR count). The maximum Gasteiger partial charge on any atom is 0.258 e. The third kappa shape index (κ3) is 4.28. The summed E-state index contributed by atoms with van der Waals surface area (Å²) in [7, 11) is 0. The number of pyridine rings is 1. The first kappa shape index (κ1) is 17.4. The van der Waals surface area contributed by atoms with Crippen LogP contribution in [0.15, 0.2) is 23.1 Å². The molecule has 0 bridgehead atoms. The molecule has 126 valence electrons. The van der Waals surface area contributed by atoms with Crippen LogP contribution in [0.25, 0.3) is 0 Å². The Bertz CT molecular complexity index is 616. The zero-order valence-electron chi connectivity index (χ0n) is 13.7. The number of ketones is 1. The Labute approximate surface area is 136 Å². The lowest BCUT2D eigenvalue weighted by atomic mass is 9.82. The molecule has 2 heterocycles.